The molecule has 0 aliphatic carbocycles. The Balaban J connectivity index is 1.10. The van der Waals surface area contributed by atoms with E-state index in [-0.39, 0.29) is 0 Å². The number of thiophene rings is 1. The number of rotatable bonds is 5. The molecule has 5 heteroatoms. The Morgan fingerprint density at radius 3 is 1.82 bits per heavy atom. The third kappa shape index (κ3) is 5.67. The smallest absolute Gasteiger partial charge is 0.164 e. The van der Waals surface area contributed by atoms with Crippen molar-refractivity contribution in [3.63, 3.8) is 0 Å². The van der Waals surface area contributed by atoms with E-state index in [1.165, 1.54) is 74.2 Å². The maximum atomic E-state index is 5.43. The quantitative estimate of drug-likeness (QED) is 0.162. The summed E-state index contributed by atoms with van der Waals surface area (Å²) in [6.45, 7) is 0. The molecule has 0 bridgehead atoms. The summed E-state index contributed by atoms with van der Waals surface area (Å²) in [5.41, 5.74) is 8.51. The van der Waals surface area contributed by atoms with Gasteiger partial charge in [-0.25, -0.2) is 15.0 Å². The molecule has 14 aromatic rings. The van der Waals surface area contributed by atoms with Crippen molar-refractivity contribution in [1.29, 1.82) is 0 Å². The van der Waals surface area contributed by atoms with Gasteiger partial charge in [-0.05, 0) is 91.6 Å². The summed E-state index contributed by atoms with van der Waals surface area (Å²) >= 11 is 1.86. The van der Waals surface area contributed by atoms with E-state index in [0.717, 1.165) is 44.4 Å². The number of nitrogens with zero attached hydrogens (tertiary/aromatic N) is 4. The van der Waals surface area contributed by atoms with E-state index in [0.29, 0.717) is 17.5 Å². The average molecular weight is 857 g/mol. The number of hydrogen-bond donors (Lipinski definition) is 0. The largest absolute Gasteiger partial charge is 0.309 e. The SMILES string of the molecule is c1ccc(-c2nc(-c3ccc(-n4c5ccccc5c5cc6ccccc6cc54)c(-c4c5ccccc5cc5sc6ccccc6c45)c3)nc(-c3cccc4c3ccc3ccccc34)n2)cc1. The molecule has 306 valence electrons. The maximum absolute atomic E-state index is 5.43. The van der Waals surface area contributed by atoms with Crippen molar-refractivity contribution in [2.45, 2.75) is 0 Å². The van der Waals surface area contributed by atoms with Gasteiger partial charge in [0.2, 0.25) is 0 Å². The van der Waals surface area contributed by atoms with Gasteiger partial charge in [-0.1, -0.05) is 170 Å². The van der Waals surface area contributed by atoms with E-state index >= 15 is 0 Å². The monoisotopic (exact) mass is 856 g/mol. The second kappa shape index (κ2) is 14.5. The van der Waals surface area contributed by atoms with Crippen molar-refractivity contribution in [3.8, 4) is 51.0 Å². The number of fused-ring (bicyclic) bond motifs is 11. The normalized spacial score (nSPS) is 11.9. The first-order chi connectivity index (χ1) is 32.7. The van der Waals surface area contributed by atoms with Crippen molar-refractivity contribution in [2.24, 2.45) is 0 Å². The lowest BCUT2D eigenvalue weighted by Gasteiger charge is -2.19. The summed E-state index contributed by atoms with van der Waals surface area (Å²) in [6.07, 6.45) is 0. The van der Waals surface area contributed by atoms with Gasteiger partial charge < -0.3 is 4.57 Å². The van der Waals surface area contributed by atoms with Gasteiger partial charge in [0.1, 0.15) is 0 Å². The molecule has 0 fully saturated rings. The highest BCUT2D eigenvalue weighted by Crippen LogP contribution is 2.48. The van der Waals surface area contributed by atoms with Crippen LogP contribution in [0, 0.1) is 0 Å². The second-order valence-corrected chi connectivity index (χ2v) is 18.2. The first kappa shape index (κ1) is 36.9. The van der Waals surface area contributed by atoms with Crippen LogP contribution in [0.25, 0.3) is 136 Å². The van der Waals surface area contributed by atoms with Crippen LogP contribution in [0.2, 0.25) is 0 Å². The minimum Gasteiger partial charge on any atom is -0.309 e. The van der Waals surface area contributed by atoms with Crippen LogP contribution in [0.4, 0.5) is 0 Å². The Morgan fingerprint density at radius 2 is 0.970 bits per heavy atom. The molecule has 0 atom stereocenters. The summed E-state index contributed by atoms with van der Waals surface area (Å²) in [6, 6.07) is 78.8. The Morgan fingerprint density at radius 1 is 0.318 bits per heavy atom. The lowest BCUT2D eigenvalue weighted by Crippen LogP contribution is -2.02. The van der Waals surface area contributed by atoms with E-state index < -0.39 is 0 Å². The predicted octanol–water partition coefficient (Wildman–Crippen LogP) is 16.6. The van der Waals surface area contributed by atoms with E-state index in [9.17, 15) is 0 Å². The van der Waals surface area contributed by atoms with Gasteiger partial charge in [-0.3, -0.25) is 0 Å². The third-order valence-electron chi connectivity index (χ3n) is 13.4. The van der Waals surface area contributed by atoms with Gasteiger partial charge in [0, 0.05) is 58.8 Å². The number of hydrogen-bond acceptors (Lipinski definition) is 4. The van der Waals surface area contributed by atoms with E-state index in [2.05, 4.69) is 205 Å². The van der Waals surface area contributed by atoms with Crippen molar-refractivity contribution in [2.75, 3.05) is 0 Å². The van der Waals surface area contributed by atoms with Crippen molar-refractivity contribution < 1.29 is 0 Å². The van der Waals surface area contributed by atoms with Crippen molar-refractivity contribution in [1.82, 2.24) is 19.5 Å². The molecule has 11 aromatic carbocycles. The summed E-state index contributed by atoms with van der Waals surface area (Å²) in [4.78, 5) is 16.0. The van der Waals surface area contributed by atoms with Gasteiger partial charge in [0.05, 0.1) is 16.7 Å². The van der Waals surface area contributed by atoms with E-state index in [1.54, 1.807) is 0 Å². The van der Waals surface area contributed by atoms with Gasteiger partial charge in [-0.15, -0.1) is 11.3 Å². The molecule has 0 spiro atoms. The standard InChI is InChI=1S/C61H36N4S/c1-2-16-38(17-3-1)59-62-60(64-61(63-59)48-26-14-25-45-43-21-8-6-15-37(43)29-31-46(45)48)42-30-32-53(65-52-27-12-10-23-47(52)50-33-39-18-4-5-19-40(39)35-54(50)65)51(34-42)57-44-22-9-7-20-41(44)36-56-58(57)49-24-11-13-28-55(49)66-56/h1-36H. The lowest BCUT2D eigenvalue weighted by atomic mass is 9.91. The van der Waals surface area contributed by atoms with Crippen molar-refractivity contribution in [3.05, 3.63) is 218 Å². The summed E-state index contributed by atoms with van der Waals surface area (Å²) in [5, 5.41) is 14.4. The van der Waals surface area contributed by atoms with Crippen molar-refractivity contribution >= 4 is 96.4 Å². The topological polar surface area (TPSA) is 43.6 Å². The van der Waals surface area contributed by atoms with Crippen LogP contribution in [0.1, 0.15) is 0 Å². The van der Waals surface area contributed by atoms with Crippen LogP contribution < -0.4 is 0 Å². The lowest BCUT2D eigenvalue weighted by molar-refractivity contribution is 1.07. The molecule has 0 aliphatic rings. The first-order valence-electron chi connectivity index (χ1n) is 22.3. The molecule has 3 aromatic heterocycles. The minimum absolute atomic E-state index is 0.615. The Kier molecular flexibility index (Phi) is 8.12. The van der Waals surface area contributed by atoms with Crippen LogP contribution in [0.3, 0.4) is 0 Å². The molecule has 3 heterocycles. The molecule has 0 aliphatic heterocycles. The van der Waals surface area contributed by atoms with E-state index in [4.69, 9.17) is 15.0 Å². The molecule has 4 nitrogen and oxygen atoms in total. The predicted molar refractivity (Wildman–Crippen MR) is 279 cm³/mol. The van der Waals surface area contributed by atoms with Gasteiger partial charge in [-0.2, -0.15) is 0 Å². The molecule has 0 N–H and O–H groups in total. The van der Waals surface area contributed by atoms with Gasteiger partial charge >= 0.3 is 0 Å². The molecule has 0 unspecified atom stereocenters. The zero-order valence-corrected chi connectivity index (χ0v) is 36.3. The highest BCUT2D eigenvalue weighted by atomic mass is 32.1. The number of para-hydroxylation sites is 1. The van der Waals surface area contributed by atoms with Gasteiger partial charge in [0.25, 0.3) is 0 Å². The molecular weight excluding hydrogens is 821 g/mol. The Bertz CT molecular complexity index is 4300. The van der Waals surface area contributed by atoms with Crippen LogP contribution in [-0.4, -0.2) is 19.5 Å². The van der Waals surface area contributed by atoms with E-state index in [1.807, 2.05) is 29.5 Å². The summed E-state index contributed by atoms with van der Waals surface area (Å²) in [5.74, 6) is 1.88. The highest BCUT2D eigenvalue weighted by molar-refractivity contribution is 7.26. The summed E-state index contributed by atoms with van der Waals surface area (Å²) in [7, 11) is 0. The average Bonchev–Trinajstić information content (AvgIpc) is 3.91. The number of aromatic nitrogens is 4. The number of benzene rings is 11. The molecule has 14 rings (SSSR count). The summed E-state index contributed by atoms with van der Waals surface area (Å²) < 4.78 is 5.00. The van der Waals surface area contributed by atoms with Crippen LogP contribution in [0.15, 0.2) is 218 Å². The zero-order chi connectivity index (χ0) is 43.3. The second-order valence-electron chi connectivity index (χ2n) is 17.1. The Hall–Kier alpha value is -8.51. The van der Waals surface area contributed by atoms with Gasteiger partial charge in [0.15, 0.2) is 17.5 Å². The molecule has 66 heavy (non-hydrogen) atoms. The molecule has 0 radical (unpaired) electrons. The third-order valence-corrected chi connectivity index (χ3v) is 14.5. The molecule has 0 amide bonds. The fraction of sp³-hybridized carbons (Fsp3) is 0. The van der Waals surface area contributed by atoms with Crippen LogP contribution in [-0.2, 0) is 0 Å². The van der Waals surface area contributed by atoms with Crippen LogP contribution in [0.5, 0.6) is 0 Å². The molecule has 0 saturated heterocycles. The molecule has 0 saturated carbocycles. The molecular formula is C61H36N4S. The first-order valence-corrected chi connectivity index (χ1v) is 23.2. The fourth-order valence-corrected chi connectivity index (χ4v) is 11.6. The Labute approximate surface area is 383 Å². The fourth-order valence-electron chi connectivity index (χ4n) is 10.4. The minimum atomic E-state index is 0.615. The maximum Gasteiger partial charge on any atom is 0.164 e. The highest BCUT2D eigenvalue weighted by Gasteiger charge is 2.23. The zero-order valence-electron chi connectivity index (χ0n) is 35.5. The van der Waals surface area contributed by atoms with Crippen LogP contribution >= 0.6 is 11.3 Å².